The second kappa shape index (κ2) is 39.1. The fraction of sp³-hybridized carbons (Fsp3) is 0.691. The maximum absolute atomic E-state index is 14.4. The molecular weight excluding hydrogens is 1560 g/mol. The number of carboxylic acids is 1. The summed E-state index contributed by atoms with van der Waals surface area (Å²) >= 11 is 0. The molecule has 13 rings (SSSR count). The first-order chi connectivity index (χ1) is 57.8. The van der Waals surface area contributed by atoms with E-state index < -0.39 is 218 Å². The lowest BCUT2D eigenvalue weighted by Crippen LogP contribution is -2.57. The van der Waals surface area contributed by atoms with Crippen LogP contribution in [0.25, 0.3) is 0 Å². The summed E-state index contributed by atoms with van der Waals surface area (Å²) in [4.78, 5) is 278. The van der Waals surface area contributed by atoms with Crippen LogP contribution in [-0.4, -0.2) is 373 Å². The highest BCUT2D eigenvalue weighted by atomic mass is 16.4. The minimum atomic E-state index is -1.23. The Morgan fingerprint density at radius 1 is 0.267 bits per heavy atom. The number of carbonyl (C=O) groups is 19. The first-order valence-corrected chi connectivity index (χ1v) is 43.1. The molecule has 0 unspecified atom stereocenters. The van der Waals surface area contributed by atoms with Gasteiger partial charge < -0.3 is 102 Å². The molecule has 0 aliphatic carbocycles. The molecule has 9 N–H and O–H groups in total. The zero-order valence-electron chi connectivity index (χ0n) is 67.9. The van der Waals surface area contributed by atoms with Crippen molar-refractivity contribution in [3.8, 4) is 0 Å². The second-order valence-corrected chi connectivity index (χ2v) is 33.6. The lowest BCUT2D eigenvalue weighted by molar-refractivity contribution is -0.148. The standard InChI is InChI=1S/C81H113N19O20/c82-50(42-49-16-2-1-3-17-49)75(114)100-41-15-29-62(100)81(120)99-40-8-22-55(99)73(112)87-47-67(105)92-33-13-27-60(92)79(118)97-38-6-20-53(97)71(110)85-45-65(103)90-31-11-25-58(90)77(116)95-36-4-18-51(95)69(108)83-43-63(101)89-30-10-24-57(89)76(115)94-35-5-19-52(94)70(109)84-44-64(102)91-32-12-26-59(91)78(117)96-37-7-21-54(96)72(111)86-46-66(104)93-34-14-28-61(93)80(119)98-39-9-23-56(98)74(113)88-48-68(106)107/h1-3,16-17,50-62H,4-15,18-48,82H2,(H,83,108)(H,84,109)(H,85,110)(H,86,111)(H,87,112)(H,88,113)(H,106,107)/t50-,51-,52-,53-,54-,55-,56-,57-,58-,59-,60-,61-,62-/m0/s1. The number of carbonyl (C=O) groups excluding carboxylic acids is 18. The van der Waals surface area contributed by atoms with Gasteiger partial charge in [-0.15, -0.1) is 0 Å². The van der Waals surface area contributed by atoms with Gasteiger partial charge in [0.05, 0.1) is 38.8 Å². The van der Waals surface area contributed by atoms with Crippen molar-refractivity contribution < 1.29 is 96.2 Å². The number of carboxylic acid groups (broad SMARTS) is 1. The van der Waals surface area contributed by atoms with E-state index >= 15 is 0 Å². The van der Waals surface area contributed by atoms with Crippen LogP contribution in [0.4, 0.5) is 0 Å². The highest BCUT2D eigenvalue weighted by molar-refractivity contribution is 6.01. The van der Waals surface area contributed by atoms with E-state index in [9.17, 15) is 91.1 Å². The van der Waals surface area contributed by atoms with Gasteiger partial charge in [0.2, 0.25) is 106 Å². The van der Waals surface area contributed by atoms with E-state index in [4.69, 9.17) is 10.8 Å². The number of hydrogen-bond acceptors (Lipinski definition) is 20. The highest BCUT2D eigenvalue weighted by Gasteiger charge is 2.51. The summed E-state index contributed by atoms with van der Waals surface area (Å²) in [6.07, 6.45) is 9.90. The van der Waals surface area contributed by atoms with Crippen LogP contribution in [0.2, 0.25) is 0 Å². The molecule has 12 fully saturated rings. The number of benzene rings is 1. The van der Waals surface area contributed by atoms with Crippen LogP contribution in [0, 0.1) is 0 Å². The molecule has 39 heteroatoms. The molecule has 652 valence electrons. The van der Waals surface area contributed by atoms with Gasteiger partial charge in [-0.05, 0) is 166 Å². The molecular formula is C81H113N19O20. The van der Waals surface area contributed by atoms with Crippen LogP contribution in [0.15, 0.2) is 30.3 Å². The average Bonchev–Trinajstić information content (AvgIpc) is 1.67. The summed E-state index contributed by atoms with van der Waals surface area (Å²) in [5, 5.41) is 24.7. The van der Waals surface area contributed by atoms with E-state index in [0.717, 1.165) is 5.56 Å². The topological polar surface area (TPSA) is 482 Å². The summed E-state index contributed by atoms with van der Waals surface area (Å²) < 4.78 is 0. The van der Waals surface area contributed by atoms with Gasteiger partial charge in [-0.2, -0.15) is 0 Å². The fourth-order valence-electron chi connectivity index (χ4n) is 20.2. The quantitative estimate of drug-likeness (QED) is 0.0410. The predicted molar refractivity (Wildman–Crippen MR) is 421 cm³/mol. The molecule has 0 aromatic heterocycles. The Hall–Kier alpha value is -10.9. The SMILES string of the molecule is N[C@@H](Cc1ccccc1)C(=O)N1CCC[C@H]1C(=O)N1CCC[C@H]1C(=O)NCC(=O)N1CCC[C@H]1C(=O)N1CCC[C@H]1C(=O)NCC(=O)N1CCC[C@H]1C(=O)N1CCC[C@H]1C(=O)NCC(=O)N1CCC[C@H]1C(=O)N1CCC[C@H]1C(=O)NCC(=O)N1CCC[C@H]1C(=O)N1CCC[C@H]1C(=O)NCC(=O)N1CCC[C@H]1C(=O)N1CCC[C@H]1C(=O)NCC(=O)O. The van der Waals surface area contributed by atoms with Gasteiger partial charge in [0.15, 0.2) is 0 Å². The molecule has 1 aromatic rings. The van der Waals surface area contributed by atoms with Crippen LogP contribution < -0.4 is 37.6 Å². The monoisotopic (exact) mass is 1670 g/mol. The number of nitrogens with one attached hydrogen (secondary N) is 6. The van der Waals surface area contributed by atoms with Crippen LogP contribution in [0.1, 0.15) is 160 Å². The molecule has 12 aliphatic rings. The van der Waals surface area contributed by atoms with Crippen molar-refractivity contribution in [2.45, 2.75) is 239 Å². The number of likely N-dealkylation sites (tertiary alicyclic amines) is 12. The van der Waals surface area contributed by atoms with Crippen molar-refractivity contribution in [2.75, 3.05) is 118 Å². The summed E-state index contributed by atoms with van der Waals surface area (Å²) in [6, 6.07) is -2.56. The van der Waals surface area contributed by atoms with Crippen molar-refractivity contribution in [3.63, 3.8) is 0 Å². The highest BCUT2D eigenvalue weighted by Crippen LogP contribution is 2.33. The summed E-state index contributed by atoms with van der Waals surface area (Å²) in [6.45, 7) is -0.218. The van der Waals surface area contributed by atoms with Gasteiger partial charge in [0.25, 0.3) is 0 Å². The number of nitrogens with zero attached hydrogens (tertiary/aromatic N) is 12. The number of aliphatic carboxylic acids is 1. The molecule has 1 aromatic carbocycles. The van der Waals surface area contributed by atoms with Gasteiger partial charge in [-0.1, -0.05) is 30.3 Å². The van der Waals surface area contributed by atoms with E-state index in [1.54, 1.807) is 0 Å². The normalized spacial score (nSPS) is 26.8. The zero-order chi connectivity index (χ0) is 85.2. The van der Waals surface area contributed by atoms with E-state index in [-0.39, 0.29) is 116 Å². The van der Waals surface area contributed by atoms with Crippen molar-refractivity contribution in [3.05, 3.63) is 35.9 Å². The number of hydrogen-bond donors (Lipinski definition) is 8. The van der Waals surface area contributed by atoms with E-state index in [2.05, 4.69) is 31.9 Å². The molecule has 0 radical (unpaired) electrons. The Bertz CT molecular complexity index is 4140. The van der Waals surface area contributed by atoms with Gasteiger partial charge >= 0.3 is 5.97 Å². The Kier molecular flexibility index (Phi) is 28.3. The van der Waals surface area contributed by atoms with Gasteiger partial charge in [-0.25, -0.2) is 0 Å². The molecule has 0 bridgehead atoms. The molecule has 12 saturated heterocycles. The van der Waals surface area contributed by atoms with Gasteiger partial charge in [0.1, 0.15) is 79.0 Å². The number of rotatable bonds is 27. The molecule has 12 aliphatic heterocycles. The minimum absolute atomic E-state index is 0.187. The first kappa shape index (κ1) is 86.9. The largest absolute Gasteiger partial charge is 0.480 e. The molecule has 39 nitrogen and oxygen atoms in total. The molecule has 120 heavy (non-hydrogen) atoms. The van der Waals surface area contributed by atoms with Crippen molar-refractivity contribution in [2.24, 2.45) is 5.73 Å². The second-order valence-electron chi connectivity index (χ2n) is 33.6. The smallest absolute Gasteiger partial charge is 0.322 e. The maximum Gasteiger partial charge on any atom is 0.322 e. The van der Waals surface area contributed by atoms with Crippen molar-refractivity contribution in [1.29, 1.82) is 0 Å². The van der Waals surface area contributed by atoms with Crippen LogP contribution in [0.5, 0.6) is 0 Å². The third-order valence-electron chi connectivity index (χ3n) is 26.2. The van der Waals surface area contributed by atoms with E-state index in [1.165, 1.54) is 58.8 Å². The summed E-state index contributed by atoms with van der Waals surface area (Å²) in [5.41, 5.74) is 7.26. The lowest BCUT2D eigenvalue weighted by Gasteiger charge is -2.33. The molecule has 12 heterocycles. The van der Waals surface area contributed by atoms with Crippen molar-refractivity contribution in [1.82, 2.24) is 90.7 Å². The van der Waals surface area contributed by atoms with Crippen molar-refractivity contribution >= 4 is 112 Å². The fourth-order valence-corrected chi connectivity index (χ4v) is 20.2. The van der Waals surface area contributed by atoms with Gasteiger partial charge in [0, 0.05) is 78.5 Å². The van der Waals surface area contributed by atoms with Gasteiger partial charge in [-0.3, -0.25) is 91.1 Å². The number of nitrogens with two attached hydrogens (primary N) is 1. The Labute approximate surface area is 694 Å². The summed E-state index contributed by atoms with van der Waals surface area (Å²) in [7, 11) is 0. The third kappa shape index (κ3) is 19.1. The van der Waals surface area contributed by atoms with E-state index in [0.29, 0.717) is 135 Å². The molecule has 0 spiro atoms. The molecule has 0 saturated carbocycles. The number of amides is 18. The Morgan fingerprint density at radius 3 is 0.667 bits per heavy atom. The molecule has 18 amide bonds. The lowest BCUT2D eigenvalue weighted by atomic mass is 10.0. The minimum Gasteiger partial charge on any atom is -0.480 e. The average molecular weight is 1670 g/mol. The third-order valence-corrected chi connectivity index (χ3v) is 26.2. The Morgan fingerprint density at radius 2 is 0.450 bits per heavy atom. The van der Waals surface area contributed by atoms with Crippen LogP contribution >= 0.6 is 0 Å². The molecule has 13 atom stereocenters. The van der Waals surface area contributed by atoms with E-state index in [1.807, 2.05) is 30.3 Å². The van der Waals surface area contributed by atoms with Crippen LogP contribution in [-0.2, 0) is 97.5 Å². The maximum atomic E-state index is 14.4. The predicted octanol–water partition coefficient (Wildman–Crippen LogP) is -4.77. The van der Waals surface area contributed by atoms with Crippen LogP contribution in [0.3, 0.4) is 0 Å². The first-order valence-electron chi connectivity index (χ1n) is 43.1. The zero-order valence-corrected chi connectivity index (χ0v) is 67.9. The Balaban J connectivity index is 0.523. The summed E-state index contributed by atoms with van der Waals surface area (Å²) in [5.74, 6) is -10.4.